The molecule has 0 amide bonds. The molecular weight excluding hydrogens is 376 g/mol. The molecule has 0 saturated heterocycles. The first-order valence-electron chi connectivity index (χ1n) is 7.19. The Morgan fingerprint density at radius 2 is 1.62 bits per heavy atom. The lowest BCUT2D eigenvalue weighted by molar-refractivity contribution is -0.141. The molecule has 0 atom stereocenters. The maximum atomic E-state index is 12.0. The van der Waals surface area contributed by atoms with Gasteiger partial charge in [0.15, 0.2) is 23.9 Å². The average molecular weight is 393 g/mol. The van der Waals surface area contributed by atoms with Crippen molar-refractivity contribution < 1.29 is 23.8 Å². The van der Waals surface area contributed by atoms with Crippen LogP contribution in [0.5, 0.6) is 11.5 Å². The van der Waals surface area contributed by atoms with E-state index in [9.17, 15) is 9.59 Å². The summed E-state index contributed by atoms with van der Waals surface area (Å²) in [5.41, 5.74) is 1.20. The van der Waals surface area contributed by atoms with Gasteiger partial charge in [0, 0.05) is 10.0 Å². The van der Waals surface area contributed by atoms with Crippen LogP contribution in [0.15, 0.2) is 46.9 Å². The van der Waals surface area contributed by atoms with Gasteiger partial charge in [0.05, 0.1) is 20.6 Å². The molecule has 0 aromatic heterocycles. The summed E-state index contributed by atoms with van der Waals surface area (Å²) in [6, 6.07) is 12.1. The predicted octanol–water partition coefficient (Wildman–Crippen LogP) is 3.43. The van der Waals surface area contributed by atoms with Crippen molar-refractivity contribution in [3.63, 3.8) is 0 Å². The zero-order chi connectivity index (χ0) is 17.5. The van der Waals surface area contributed by atoms with Crippen LogP contribution in [-0.4, -0.2) is 32.6 Å². The van der Waals surface area contributed by atoms with Crippen LogP contribution in [-0.2, 0) is 16.0 Å². The molecular formula is C18H17BrO5. The van der Waals surface area contributed by atoms with Gasteiger partial charge in [-0.15, -0.1) is 0 Å². The number of benzene rings is 2. The fraction of sp³-hybridized carbons (Fsp3) is 0.222. The lowest BCUT2D eigenvalue weighted by atomic mass is 10.1. The quantitative estimate of drug-likeness (QED) is 0.533. The van der Waals surface area contributed by atoms with Gasteiger partial charge in [0.2, 0.25) is 0 Å². The highest BCUT2D eigenvalue weighted by Crippen LogP contribution is 2.33. The summed E-state index contributed by atoms with van der Waals surface area (Å²) in [4.78, 5) is 23.9. The second-order valence-corrected chi connectivity index (χ2v) is 5.78. The van der Waals surface area contributed by atoms with E-state index in [1.54, 1.807) is 36.4 Å². The second kappa shape index (κ2) is 8.49. The molecule has 2 aromatic carbocycles. The molecule has 0 fully saturated rings. The van der Waals surface area contributed by atoms with Crippen molar-refractivity contribution in [1.29, 1.82) is 0 Å². The molecule has 0 radical (unpaired) electrons. The highest BCUT2D eigenvalue weighted by Gasteiger charge is 2.15. The third-order valence-electron chi connectivity index (χ3n) is 3.35. The maximum absolute atomic E-state index is 12.0. The molecule has 0 aliphatic heterocycles. The molecule has 5 nitrogen and oxygen atoms in total. The topological polar surface area (TPSA) is 61.8 Å². The summed E-state index contributed by atoms with van der Waals surface area (Å²) in [5.74, 6) is 0.340. The molecule has 0 aliphatic rings. The fourth-order valence-electron chi connectivity index (χ4n) is 2.09. The third-order valence-corrected chi connectivity index (χ3v) is 4.09. The number of rotatable bonds is 7. The monoisotopic (exact) mass is 392 g/mol. The van der Waals surface area contributed by atoms with Gasteiger partial charge in [-0.2, -0.15) is 0 Å². The van der Waals surface area contributed by atoms with Gasteiger partial charge >= 0.3 is 5.97 Å². The first-order chi connectivity index (χ1) is 11.5. The minimum absolute atomic E-state index is 0.0169. The Bertz CT molecular complexity index is 728. The van der Waals surface area contributed by atoms with Crippen LogP contribution in [0.4, 0.5) is 0 Å². The van der Waals surface area contributed by atoms with E-state index < -0.39 is 5.97 Å². The normalized spacial score (nSPS) is 10.1. The molecule has 24 heavy (non-hydrogen) atoms. The van der Waals surface area contributed by atoms with Gasteiger partial charge in [0.25, 0.3) is 0 Å². The summed E-state index contributed by atoms with van der Waals surface area (Å²) >= 11 is 3.39. The molecule has 2 rings (SSSR count). The van der Waals surface area contributed by atoms with Crippen molar-refractivity contribution in [3.05, 3.63) is 58.1 Å². The van der Waals surface area contributed by atoms with E-state index >= 15 is 0 Å². The molecule has 0 unspecified atom stereocenters. The number of Topliss-reactive ketones (excluding diaryl/α,β-unsaturated/α-hetero) is 1. The molecule has 0 heterocycles. The van der Waals surface area contributed by atoms with E-state index in [0.29, 0.717) is 27.1 Å². The third kappa shape index (κ3) is 4.58. The van der Waals surface area contributed by atoms with Crippen LogP contribution in [0.3, 0.4) is 0 Å². The maximum Gasteiger partial charge on any atom is 0.310 e. The zero-order valence-corrected chi connectivity index (χ0v) is 15.0. The molecule has 0 bridgehead atoms. The van der Waals surface area contributed by atoms with E-state index in [2.05, 4.69) is 15.9 Å². The van der Waals surface area contributed by atoms with Crippen molar-refractivity contribution in [2.24, 2.45) is 0 Å². The van der Waals surface area contributed by atoms with Gasteiger partial charge in [0.1, 0.15) is 0 Å². The van der Waals surface area contributed by atoms with E-state index in [1.165, 1.54) is 14.2 Å². The number of hydrogen-bond acceptors (Lipinski definition) is 5. The van der Waals surface area contributed by atoms with Crippen LogP contribution in [0.2, 0.25) is 0 Å². The number of ether oxygens (including phenoxy) is 3. The van der Waals surface area contributed by atoms with Gasteiger partial charge in [-0.3, -0.25) is 9.59 Å². The Labute approximate surface area is 148 Å². The van der Waals surface area contributed by atoms with E-state index in [1.807, 2.05) is 6.07 Å². The number of carbonyl (C=O) groups is 2. The Hall–Kier alpha value is -2.34. The van der Waals surface area contributed by atoms with Crippen LogP contribution in [0, 0.1) is 0 Å². The number of methoxy groups -OCH3 is 2. The first-order valence-corrected chi connectivity index (χ1v) is 7.98. The van der Waals surface area contributed by atoms with Crippen molar-refractivity contribution >= 4 is 27.7 Å². The summed E-state index contributed by atoms with van der Waals surface area (Å²) in [6.07, 6.45) is 0.0169. The number of carbonyl (C=O) groups excluding carboxylic acids is 2. The highest BCUT2D eigenvalue weighted by atomic mass is 79.9. The summed E-state index contributed by atoms with van der Waals surface area (Å²) in [6.45, 7) is -0.284. The SMILES string of the molecule is COc1cc(Br)c(CC(=O)OCC(=O)c2ccccc2)cc1OC. The molecule has 0 saturated carbocycles. The van der Waals surface area contributed by atoms with Gasteiger partial charge < -0.3 is 14.2 Å². The first kappa shape index (κ1) is 18.0. The van der Waals surface area contributed by atoms with Crippen molar-refractivity contribution in [3.8, 4) is 11.5 Å². The zero-order valence-electron chi connectivity index (χ0n) is 13.4. The Balaban J connectivity index is 1.98. The number of esters is 1. The van der Waals surface area contributed by atoms with E-state index in [4.69, 9.17) is 14.2 Å². The Morgan fingerprint density at radius 3 is 2.25 bits per heavy atom. The predicted molar refractivity (Wildman–Crippen MR) is 92.7 cm³/mol. The minimum atomic E-state index is -0.493. The highest BCUT2D eigenvalue weighted by molar-refractivity contribution is 9.10. The molecule has 0 aliphatic carbocycles. The Morgan fingerprint density at radius 1 is 1.00 bits per heavy atom. The number of halogens is 1. The van der Waals surface area contributed by atoms with Gasteiger partial charge in [-0.25, -0.2) is 0 Å². The molecule has 0 spiro atoms. The lowest BCUT2D eigenvalue weighted by Crippen LogP contribution is -2.16. The molecule has 2 aromatic rings. The summed E-state index contributed by atoms with van der Waals surface area (Å²) < 4.78 is 16.2. The van der Waals surface area contributed by atoms with E-state index in [-0.39, 0.29) is 18.8 Å². The van der Waals surface area contributed by atoms with Crippen LogP contribution in [0.25, 0.3) is 0 Å². The van der Waals surface area contributed by atoms with Crippen LogP contribution < -0.4 is 9.47 Å². The molecule has 0 N–H and O–H groups in total. The average Bonchev–Trinajstić information content (AvgIpc) is 2.61. The second-order valence-electron chi connectivity index (χ2n) is 4.93. The van der Waals surface area contributed by atoms with E-state index in [0.717, 1.165) is 0 Å². The minimum Gasteiger partial charge on any atom is -0.493 e. The van der Waals surface area contributed by atoms with Gasteiger partial charge in [-0.05, 0) is 17.7 Å². The van der Waals surface area contributed by atoms with Crippen molar-refractivity contribution in [2.75, 3.05) is 20.8 Å². The number of hydrogen-bond donors (Lipinski definition) is 0. The van der Waals surface area contributed by atoms with Crippen molar-refractivity contribution in [1.82, 2.24) is 0 Å². The van der Waals surface area contributed by atoms with Crippen LogP contribution >= 0.6 is 15.9 Å². The Kier molecular flexibility index (Phi) is 6.37. The molecule has 6 heteroatoms. The standard InChI is InChI=1S/C18H17BrO5/c1-22-16-8-13(14(19)10-17(16)23-2)9-18(21)24-11-15(20)12-6-4-3-5-7-12/h3-8,10H,9,11H2,1-2H3. The fourth-order valence-corrected chi connectivity index (χ4v) is 2.55. The molecule has 126 valence electrons. The summed E-state index contributed by atoms with van der Waals surface area (Å²) in [7, 11) is 3.06. The van der Waals surface area contributed by atoms with Crippen LogP contribution in [0.1, 0.15) is 15.9 Å². The van der Waals surface area contributed by atoms with Gasteiger partial charge in [-0.1, -0.05) is 46.3 Å². The lowest BCUT2D eigenvalue weighted by Gasteiger charge is -2.11. The smallest absolute Gasteiger partial charge is 0.310 e. The van der Waals surface area contributed by atoms with Crippen molar-refractivity contribution in [2.45, 2.75) is 6.42 Å². The number of ketones is 1. The summed E-state index contributed by atoms with van der Waals surface area (Å²) in [5, 5.41) is 0. The largest absolute Gasteiger partial charge is 0.493 e.